The Balaban J connectivity index is 1.67. The van der Waals surface area contributed by atoms with E-state index in [0.717, 1.165) is 0 Å². The van der Waals surface area contributed by atoms with Gasteiger partial charge in [0, 0.05) is 45.1 Å². The highest BCUT2D eigenvalue weighted by Gasteiger charge is 2.53. The molecule has 0 spiro atoms. The molecule has 58 heavy (non-hydrogen) atoms. The van der Waals surface area contributed by atoms with Gasteiger partial charge in [0.15, 0.2) is 24.5 Å². The van der Waals surface area contributed by atoms with Crippen LogP contribution in [0.3, 0.4) is 0 Å². The number of epoxide rings is 1. The van der Waals surface area contributed by atoms with E-state index in [1.54, 1.807) is 73.5 Å². The van der Waals surface area contributed by atoms with Gasteiger partial charge >= 0.3 is 17.9 Å². The Bertz CT molecular complexity index is 1440. The first kappa shape index (κ1) is 47.8. The molecule has 0 aliphatic carbocycles. The van der Waals surface area contributed by atoms with Crippen molar-refractivity contribution in [3.8, 4) is 0 Å². The number of hydrogen-bond donors (Lipinski definition) is 2. The quantitative estimate of drug-likeness (QED) is 0.125. The fourth-order valence-corrected chi connectivity index (χ4v) is 8.25. The van der Waals surface area contributed by atoms with E-state index in [4.69, 9.17) is 42.6 Å². The summed E-state index contributed by atoms with van der Waals surface area (Å²) < 4.78 is 54.2. The summed E-state index contributed by atoms with van der Waals surface area (Å²) in [5.41, 5.74) is -1.50. The molecule has 4 aliphatic heterocycles. The summed E-state index contributed by atoms with van der Waals surface area (Å²) >= 11 is 0. The zero-order chi connectivity index (χ0) is 43.1. The number of methoxy groups -OCH3 is 1. The Hall–Kier alpha value is -2.87. The smallest absolute Gasteiger partial charge is 0.309 e. The van der Waals surface area contributed by atoms with Crippen molar-refractivity contribution in [1.29, 1.82) is 0 Å². The number of aliphatic hydroxyl groups is 2. The number of aldehydes is 1. The molecule has 17 heteroatoms. The topological polar surface area (TPSA) is 215 Å². The minimum Gasteiger partial charge on any atom is -0.462 e. The molecule has 4 rings (SSSR count). The van der Waals surface area contributed by atoms with Gasteiger partial charge in [0.1, 0.15) is 48.5 Å². The SMILES string of the molecule is CCC(=O)OC1CC(=O)OC(C)CC2OC2C=CC(=O)C(C)CC(CC=O)C(OC2OC(C)C(OC3CC(C)(O)C(OC(=O)CC)C(C)O3)C(N(C)C)C2O)C1OC. The van der Waals surface area contributed by atoms with Gasteiger partial charge in [-0.2, -0.15) is 0 Å². The van der Waals surface area contributed by atoms with Gasteiger partial charge in [0.25, 0.3) is 0 Å². The lowest BCUT2D eigenvalue weighted by molar-refractivity contribution is -0.344. The number of cyclic esters (lactones) is 1. The summed E-state index contributed by atoms with van der Waals surface area (Å²) in [4.78, 5) is 65.8. The van der Waals surface area contributed by atoms with E-state index in [1.165, 1.54) is 13.2 Å². The summed E-state index contributed by atoms with van der Waals surface area (Å²) in [5, 5.41) is 23.4. The van der Waals surface area contributed by atoms with Crippen LogP contribution >= 0.6 is 0 Å². The number of rotatable bonds is 12. The fourth-order valence-electron chi connectivity index (χ4n) is 8.25. The lowest BCUT2D eigenvalue weighted by Gasteiger charge is -2.50. The van der Waals surface area contributed by atoms with Crippen LogP contribution < -0.4 is 0 Å². The van der Waals surface area contributed by atoms with Gasteiger partial charge < -0.3 is 62.5 Å². The van der Waals surface area contributed by atoms with E-state index in [0.29, 0.717) is 12.7 Å². The fraction of sp³-hybridized carbons (Fsp3) is 0.829. The average molecular weight is 828 g/mol. The van der Waals surface area contributed by atoms with Crippen LogP contribution in [0.1, 0.15) is 93.4 Å². The van der Waals surface area contributed by atoms with Crippen molar-refractivity contribution in [3.05, 3.63) is 12.2 Å². The Labute approximate surface area is 341 Å². The standard InChI is InChI=1S/C41H65NO16/c1-11-30(45)55-29-19-32(47)51-22(4)18-28-27(54-28)14-13-26(44)21(3)17-25(15-16-43)37(38(29)50-10)58-40-35(48)34(42(8)9)36(23(5)53-40)57-33-20-41(7,49)39(24(6)52-33)56-31(46)12-2/h13-14,16,21-25,27-29,33-40,48-49H,11-12,15,17-20H2,1-10H3. The molecule has 0 radical (unpaired) electrons. The molecular weight excluding hydrogens is 762 g/mol. The van der Waals surface area contributed by atoms with Gasteiger partial charge in [0.2, 0.25) is 0 Å². The van der Waals surface area contributed by atoms with E-state index < -0.39 is 115 Å². The van der Waals surface area contributed by atoms with E-state index in [-0.39, 0.29) is 50.1 Å². The van der Waals surface area contributed by atoms with Crippen molar-refractivity contribution >= 4 is 30.0 Å². The number of esters is 3. The second-order valence-electron chi connectivity index (χ2n) is 16.5. The van der Waals surface area contributed by atoms with E-state index >= 15 is 0 Å². The predicted molar refractivity (Wildman–Crippen MR) is 204 cm³/mol. The maximum Gasteiger partial charge on any atom is 0.309 e. The number of carbonyl (C=O) groups is 5. The highest BCUT2D eigenvalue weighted by Crippen LogP contribution is 2.38. The van der Waals surface area contributed by atoms with Crippen molar-refractivity contribution in [2.75, 3.05) is 21.2 Å². The number of ether oxygens (including phenoxy) is 9. The van der Waals surface area contributed by atoms with E-state index in [9.17, 15) is 34.2 Å². The molecule has 17 atom stereocenters. The Morgan fingerprint density at radius 1 is 0.948 bits per heavy atom. The van der Waals surface area contributed by atoms with Crippen LogP contribution in [0.25, 0.3) is 0 Å². The van der Waals surface area contributed by atoms with Crippen LogP contribution in [0.5, 0.6) is 0 Å². The maximum absolute atomic E-state index is 13.4. The molecule has 4 aliphatic rings. The first-order valence-corrected chi connectivity index (χ1v) is 20.4. The third-order valence-corrected chi connectivity index (χ3v) is 11.4. The van der Waals surface area contributed by atoms with Gasteiger partial charge in [-0.25, -0.2) is 0 Å². The largest absolute Gasteiger partial charge is 0.462 e. The second kappa shape index (κ2) is 21.1. The molecule has 0 aromatic rings. The van der Waals surface area contributed by atoms with Gasteiger partial charge in [-0.3, -0.25) is 19.2 Å². The molecule has 0 aromatic carbocycles. The molecule has 4 heterocycles. The van der Waals surface area contributed by atoms with E-state index in [2.05, 4.69) is 0 Å². The number of carbonyl (C=O) groups excluding carboxylic acids is 5. The van der Waals surface area contributed by atoms with Crippen LogP contribution in [0, 0.1) is 11.8 Å². The van der Waals surface area contributed by atoms with Crippen molar-refractivity contribution in [3.63, 3.8) is 0 Å². The summed E-state index contributed by atoms with van der Waals surface area (Å²) in [5.74, 6) is -3.35. The lowest BCUT2D eigenvalue weighted by atomic mass is 9.83. The van der Waals surface area contributed by atoms with Crippen molar-refractivity contribution in [2.45, 2.75) is 185 Å². The van der Waals surface area contributed by atoms with Gasteiger partial charge in [-0.1, -0.05) is 20.8 Å². The summed E-state index contributed by atoms with van der Waals surface area (Å²) in [6.45, 7) is 11.6. The molecule has 0 bridgehead atoms. The minimum atomic E-state index is -1.50. The monoisotopic (exact) mass is 827 g/mol. The predicted octanol–water partition coefficient (Wildman–Crippen LogP) is 2.19. The summed E-state index contributed by atoms with van der Waals surface area (Å²) in [7, 11) is 4.82. The molecule has 330 valence electrons. The molecular formula is C41H65NO16. The van der Waals surface area contributed by atoms with Crippen molar-refractivity contribution < 1.29 is 76.8 Å². The molecule has 0 saturated carbocycles. The second-order valence-corrected chi connectivity index (χ2v) is 16.5. The van der Waals surface area contributed by atoms with Gasteiger partial charge in [-0.05, 0) is 66.3 Å². The number of likely N-dealkylation sites (N-methyl/N-ethyl adjacent to an activating group) is 1. The van der Waals surface area contributed by atoms with Crippen molar-refractivity contribution in [2.24, 2.45) is 11.8 Å². The average Bonchev–Trinajstić information content (AvgIpc) is 3.89. The highest BCUT2D eigenvalue weighted by atomic mass is 16.7. The Morgan fingerprint density at radius 2 is 1.62 bits per heavy atom. The summed E-state index contributed by atoms with van der Waals surface area (Å²) in [6.07, 6.45) is -7.99. The zero-order valence-electron chi connectivity index (χ0n) is 35.5. The normalized spacial score (nSPS) is 41.6. The molecule has 3 saturated heterocycles. The Morgan fingerprint density at radius 3 is 2.22 bits per heavy atom. The number of hydrogen-bond acceptors (Lipinski definition) is 17. The first-order chi connectivity index (χ1) is 27.3. The highest BCUT2D eigenvalue weighted by molar-refractivity contribution is 5.91. The number of ketones is 1. The molecule has 0 aromatic heterocycles. The first-order valence-electron chi connectivity index (χ1n) is 20.4. The lowest BCUT2D eigenvalue weighted by Crippen LogP contribution is -2.66. The number of aliphatic hydroxyl groups excluding tert-OH is 1. The third-order valence-electron chi connectivity index (χ3n) is 11.4. The van der Waals surface area contributed by atoms with E-state index in [1.807, 2.05) is 0 Å². The number of allylic oxidation sites excluding steroid dienone is 1. The number of fused-ring (bicyclic) bond motifs is 1. The van der Waals surface area contributed by atoms with Gasteiger partial charge in [-0.15, -0.1) is 0 Å². The van der Waals surface area contributed by atoms with Crippen LogP contribution in [0.15, 0.2) is 12.2 Å². The van der Waals surface area contributed by atoms with Crippen molar-refractivity contribution in [1.82, 2.24) is 4.90 Å². The zero-order valence-corrected chi connectivity index (χ0v) is 35.5. The van der Waals surface area contributed by atoms with Crippen LogP contribution in [-0.4, -0.2) is 158 Å². The summed E-state index contributed by atoms with van der Waals surface area (Å²) in [6, 6.07) is -0.797. The molecule has 17 nitrogen and oxygen atoms in total. The maximum atomic E-state index is 13.4. The number of nitrogens with zero attached hydrogens (tertiary/aromatic N) is 1. The molecule has 17 unspecified atom stereocenters. The molecule has 2 N–H and O–H groups in total. The minimum absolute atomic E-state index is 0.0166. The Kier molecular flexibility index (Phi) is 17.4. The third kappa shape index (κ3) is 12.3. The van der Waals surface area contributed by atoms with Gasteiger partial charge in [0.05, 0.1) is 36.9 Å². The molecule has 0 amide bonds. The van der Waals surface area contributed by atoms with Crippen LogP contribution in [0.4, 0.5) is 0 Å². The molecule has 3 fully saturated rings. The van der Waals surface area contributed by atoms with Crippen LogP contribution in [0.2, 0.25) is 0 Å². The van der Waals surface area contributed by atoms with Crippen LogP contribution in [-0.2, 0) is 66.6 Å².